The highest BCUT2D eigenvalue weighted by Gasteiger charge is 2.30. The molecule has 0 aliphatic carbocycles. The first-order chi connectivity index (χ1) is 9.27. The fourth-order valence-electron chi connectivity index (χ4n) is 2.61. The molecule has 116 valence electrons. The van der Waals surface area contributed by atoms with Crippen LogP contribution in [0.4, 0.5) is 0 Å². The van der Waals surface area contributed by atoms with Crippen LogP contribution in [-0.4, -0.2) is 66.9 Å². The largest absolute Gasteiger partial charge is 0.342 e. The molecule has 0 aromatic heterocycles. The number of thioether (sulfide) groups is 1. The molecule has 1 N–H and O–H groups in total. The summed E-state index contributed by atoms with van der Waals surface area (Å²) in [6, 6.07) is -0.217. The Hall–Kier alpha value is -0.270. The highest BCUT2D eigenvalue weighted by atomic mass is 32.2. The maximum absolute atomic E-state index is 12.3. The first kappa shape index (κ1) is 16.1. The van der Waals surface area contributed by atoms with Gasteiger partial charge in [-0.15, -0.1) is 0 Å². The summed E-state index contributed by atoms with van der Waals surface area (Å²) in [6.07, 6.45) is 1.28. The normalized spacial score (nSPS) is 29.7. The average Bonchev–Trinajstić information content (AvgIpc) is 2.49. The Balaban J connectivity index is 1.88. The van der Waals surface area contributed by atoms with Crippen molar-refractivity contribution in [1.29, 1.82) is 0 Å². The van der Waals surface area contributed by atoms with E-state index in [1.54, 1.807) is 0 Å². The van der Waals surface area contributed by atoms with Crippen LogP contribution >= 0.6 is 11.8 Å². The van der Waals surface area contributed by atoms with E-state index in [2.05, 4.69) is 19.2 Å². The number of sulfone groups is 1. The number of nitrogens with zero attached hydrogens (tertiary/aromatic N) is 1. The maximum Gasteiger partial charge on any atom is 0.224 e. The van der Waals surface area contributed by atoms with Crippen LogP contribution in [0.5, 0.6) is 0 Å². The Morgan fingerprint density at radius 2 is 2.15 bits per heavy atom. The molecule has 0 bridgehead atoms. The van der Waals surface area contributed by atoms with Crippen molar-refractivity contribution in [3.63, 3.8) is 0 Å². The van der Waals surface area contributed by atoms with Crippen molar-refractivity contribution < 1.29 is 13.2 Å². The summed E-state index contributed by atoms with van der Waals surface area (Å²) in [5.74, 6) is 1.31. The molecule has 0 spiro atoms. The van der Waals surface area contributed by atoms with Crippen LogP contribution in [0.25, 0.3) is 0 Å². The lowest BCUT2D eigenvalue weighted by Crippen LogP contribution is -2.48. The predicted molar refractivity (Wildman–Crippen MR) is 82.8 cm³/mol. The molecule has 2 rings (SSSR count). The number of hydrogen-bond acceptors (Lipinski definition) is 5. The van der Waals surface area contributed by atoms with Gasteiger partial charge in [0.2, 0.25) is 5.91 Å². The fourth-order valence-corrected chi connectivity index (χ4v) is 5.15. The molecule has 2 aliphatic heterocycles. The quantitative estimate of drug-likeness (QED) is 0.803. The lowest BCUT2D eigenvalue weighted by atomic mass is 10.1. The van der Waals surface area contributed by atoms with E-state index in [4.69, 9.17) is 0 Å². The Labute approximate surface area is 125 Å². The van der Waals surface area contributed by atoms with E-state index in [0.29, 0.717) is 13.0 Å². The van der Waals surface area contributed by atoms with Crippen molar-refractivity contribution in [3.8, 4) is 0 Å². The fraction of sp³-hybridized carbons (Fsp3) is 0.923. The van der Waals surface area contributed by atoms with Gasteiger partial charge in [0.1, 0.15) is 0 Å². The van der Waals surface area contributed by atoms with Crippen molar-refractivity contribution in [3.05, 3.63) is 0 Å². The van der Waals surface area contributed by atoms with Gasteiger partial charge < -0.3 is 10.2 Å². The monoisotopic (exact) mass is 320 g/mol. The number of hydrogen-bond donors (Lipinski definition) is 1. The lowest BCUT2D eigenvalue weighted by molar-refractivity contribution is -0.131. The molecule has 0 aromatic carbocycles. The van der Waals surface area contributed by atoms with Crippen LogP contribution < -0.4 is 5.32 Å². The third kappa shape index (κ3) is 4.63. The molecule has 1 atom stereocenters. The zero-order chi connectivity index (χ0) is 14.8. The summed E-state index contributed by atoms with van der Waals surface area (Å²) in [6.45, 7) is 6.43. The smallest absolute Gasteiger partial charge is 0.224 e. The van der Waals surface area contributed by atoms with E-state index in [1.165, 1.54) is 0 Å². The van der Waals surface area contributed by atoms with Gasteiger partial charge in [0.05, 0.1) is 11.5 Å². The van der Waals surface area contributed by atoms with E-state index in [9.17, 15) is 13.2 Å². The number of carbonyl (C=O) groups excluding carboxylic acids is 1. The minimum absolute atomic E-state index is 0.0814. The second kappa shape index (κ2) is 6.23. The molecule has 0 aromatic rings. The Morgan fingerprint density at radius 3 is 2.85 bits per heavy atom. The maximum atomic E-state index is 12.3. The second-order valence-electron chi connectivity index (χ2n) is 6.21. The van der Waals surface area contributed by atoms with Gasteiger partial charge in [0.25, 0.3) is 0 Å². The van der Waals surface area contributed by atoms with Gasteiger partial charge in [0.15, 0.2) is 9.84 Å². The summed E-state index contributed by atoms with van der Waals surface area (Å²) in [4.78, 5) is 14.2. The Morgan fingerprint density at radius 1 is 1.40 bits per heavy atom. The van der Waals surface area contributed by atoms with Gasteiger partial charge in [-0.1, -0.05) is 13.8 Å². The van der Waals surface area contributed by atoms with Crippen LogP contribution in [0, 0.1) is 0 Å². The summed E-state index contributed by atoms with van der Waals surface area (Å²) >= 11 is 1.90. The molecular formula is C13H24N2O3S2. The van der Waals surface area contributed by atoms with Crippen molar-refractivity contribution in [2.24, 2.45) is 0 Å². The topological polar surface area (TPSA) is 66.5 Å². The van der Waals surface area contributed by atoms with E-state index in [1.807, 2.05) is 16.7 Å². The summed E-state index contributed by atoms with van der Waals surface area (Å²) in [7, 11) is -2.97. The van der Waals surface area contributed by atoms with E-state index in [-0.39, 0.29) is 28.2 Å². The van der Waals surface area contributed by atoms with Gasteiger partial charge >= 0.3 is 0 Å². The standard InChI is InChI=1S/C13H24N2O3S2/c1-13(2)3-5-15(6-7-19-13)12(16)9-11-10-20(17,18)8-4-14-11/h11,14H,3-10H2,1-2H3. The molecule has 20 heavy (non-hydrogen) atoms. The predicted octanol–water partition coefficient (Wildman–Crippen LogP) is 0.507. The van der Waals surface area contributed by atoms with Crippen LogP contribution in [0.2, 0.25) is 0 Å². The number of amides is 1. The highest BCUT2D eigenvalue weighted by Crippen LogP contribution is 2.30. The summed E-state index contributed by atoms with van der Waals surface area (Å²) in [5, 5.41) is 3.14. The number of carbonyl (C=O) groups is 1. The lowest BCUT2D eigenvalue weighted by Gasteiger charge is -2.27. The number of rotatable bonds is 2. The molecule has 2 fully saturated rings. The zero-order valence-corrected chi connectivity index (χ0v) is 13.9. The molecule has 2 heterocycles. The van der Waals surface area contributed by atoms with E-state index in [0.717, 1.165) is 25.3 Å². The average molecular weight is 320 g/mol. The highest BCUT2D eigenvalue weighted by molar-refractivity contribution is 8.00. The minimum Gasteiger partial charge on any atom is -0.342 e. The molecule has 2 aliphatic rings. The van der Waals surface area contributed by atoms with Gasteiger partial charge in [0, 0.05) is 42.6 Å². The van der Waals surface area contributed by atoms with E-state index < -0.39 is 9.84 Å². The van der Waals surface area contributed by atoms with Crippen LogP contribution in [-0.2, 0) is 14.6 Å². The summed E-state index contributed by atoms with van der Waals surface area (Å²) in [5.41, 5.74) is 0. The molecule has 0 saturated carbocycles. The van der Waals surface area contributed by atoms with Crippen LogP contribution in [0.15, 0.2) is 0 Å². The SMILES string of the molecule is CC1(C)CCN(C(=O)CC2CS(=O)(=O)CCN2)CCS1. The Kier molecular flexibility index (Phi) is 5.02. The van der Waals surface area contributed by atoms with Crippen molar-refractivity contribution >= 4 is 27.5 Å². The molecular weight excluding hydrogens is 296 g/mol. The third-order valence-electron chi connectivity index (χ3n) is 3.91. The first-order valence-electron chi connectivity index (χ1n) is 7.13. The number of nitrogens with one attached hydrogen (secondary N) is 1. The van der Waals surface area contributed by atoms with Crippen LogP contribution in [0.3, 0.4) is 0 Å². The molecule has 7 heteroatoms. The molecule has 5 nitrogen and oxygen atoms in total. The molecule has 1 amide bonds. The minimum atomic E-state index is -2.97. The van der Waals surface area contributed by atoms with Gasteiger partial charge in [-0.2, -0.15) is 11.8 Å². The Bertz CT molecular complexity index is 462. The third-order valence-corrected chi connectivity index (χ3v) is 7.02. The van der Waals surface area contributed by atoms with E-state index >= 15 is 0 Å². The van der Waals surface area contributed by atoms with Gasteiger partial charge in [-0.05, 0) is 6.42 Å². The summed E-state index contributed by atoms with van der Waals surface area (Å²) < 4.78 is 23.4. The van der Waals surface area contributed by atoms with Crippen LogP contribution in [0.1, 0.15) is 26.7 Å². The van der Waals surface area contributed by atoms with Gasteiger partial charge in [-0.3, -0.25) is 4.79 Å². The van der Waals surface area contributed by atoms with Crippen molar-refractivity contribution in [2.45, 2.75) is 37.5 Å². The molecule has 1 unspecified atom stereocenters. The molecule has 2 saturated heterocycles. The van der Waals surface area contributed by atoms with Crippen molar-refractivity contribution in [2.75, 3.05) is 36.9 Å². The zero-order valence-electron chi connectivity index (χ0n) is 12.2. The van der Waals surface area contributed by atoms with Crippen molar-refractivity contribution in [1.82, 2.24) is 10.2 Å². The van der Waals surface area contributed by atoms with Gasteiger partial charge in [-0.25, -0.2) is 8.42 Å². The first-order valence-corrected chi connectivity index (χ1v) is 9.94. The molecule has 0 radical (unpaired) electrons. The second-order valence-corrected chi connectivity index (χ2v) is 10.2.